The topological polar surface area (TPSA) is 57.6 Å². The molecule has 2 heterocycles. The zero-order valence-electron chi connectivity index (χ0n) is 13.5. The van der Waals surface area contributed by atoms with E-state index in [0.717, 1.165) is 28.5 Å². The summed E-state index contributed by atoms with van der Waals surface area (Å²) in [6.07, 6.45) is 2.62. The van der Waals surface area contributed by atoms with Gasteiger partial charge in [-0.2, -0.15) is 0 Å². The number of carbonyl (C=O) groups is 2. The number of likely N-dealkylation sites (tertiary alicyclic amines) is 1. The molecular weight excluding hydrogens is 329 g/mol. The molecule has 1 atom stereocenters. The molecule has 1 saturated heterocycles. The quantitative estimate of drug-likeness (QED) is 0.905. The first kappa shape index (κ1) is 16.9. The number of benzene rings is 1. The number of carboxylic acid groups (broad SMARTS) is 1. The number of piperidine rings is 1. The molecule has 0 aliphatic carbocycles. The van der Waals surface area contributed by atoms with Gasteiger partial charge in [-0.15, -0.1) is 11.3 Å². The Morgan fingerprint density at radius 2 is 2.21 bits per heavy atom. The fourth-order valence-electron chi connectivity index (χ4n) is 3.35. The van der Waals surface area contributed by atoms with Gasteiger partial charge in [-0.1, -0.05) is 0 Å². The highest BCUT2D eigenvalue weighted by atomic mass is 32.1. The number of rotatable bonds is 4. The van der Waals surface area contributed by atoms with E-state index in [1.807, 2.05) is 11.8 Å². The van der Waals surface area contributed by atoms with Crippen LogP contribution in [0.1, 0.15) is 40.9 Å². The van der Waals surface area contributed by atoms with Crippen LogP contribution in [0.4, 0.5) is 4.39 Å². The molecule has 0 spiro atoms. The zero-order chi connectivity index (χ0) is 17.3. The molecule has 3 rings (SSSR count). The summed E-state index contributed by atoms with van der Waals surface area (Å²) >= 11 is 1.40. The van der Waals surface area contributed by atoms with E-state index >= 15 is 0 Å². The van der Waals surface area contributed by atoms with Crippen LogP contribution in [0.15, 0.2) is 18.2 Å². The normalized spacial score (nSPS) is 18.1. The number of hydrogen-bond donors (Lipinski definition) is 1. The number of thiophene rings is 1. The Kier molecular flexibility index (Phi) is 4.85. The van der Waals surface area contributed by atoms with Crippen molar-refractivity contribution in [1.29, 1.82) is 0 Å². The number of fused-ring (bicyclic) bond motifs is 1. The van der Waals surface area contributed by atoms with E-state index in [2.05, 4.69) is 0 Å². The third kappa shape index (κ3) is 3.43. The molecule has 1 N–H and O–H groups in total. The van der Waals surface area contributed by atoms with Gasteiger partial charge in [0.15, 0.2) is 0 Å². The summed E-state index contributed by atoms with van der Waals surface area (Å²) in [4.78, 5) is 26.1. The minimum absolute atomic E-state index is 0.0193. The van der Waals surface area contributed by atoms with Crippen LogP contribution >= 0.6 is 11.3 Å². The second kappa shape index (κ2) is 6.89. The second-order valence-corrected chi connectivity index (χ2v) is 7.44. The van der Waals surface area contributed by atoms with E-state index in [9.17, 15) is 14.0 Å². The first-order valence-electron chi connectivity index (χ1n) is 8.15. The van der Waals surface area contributed by atoms with Gasteiger partial charge in [-0.3, -0.25) is 9.59 Å². The maximum Gasteiger partial charge on any atom is 0.303 e. The molecule has 128 valence electrons. The number of hydrogen-bond acceptors (Lipinski definition) is 3. The fourth-order valence-corrected chi connectivity index (χ4v) is 4.51. The van der Waals surface area contributed by atoms with Crippen LogP contribution in [0.5, 0.6) is 0 Å². The summed E-state index contributed by atoms with van der Waals surface area (Å²) in [5.41, 5.74) is 0.826. The van der Waals surface area contributed by atoms with Crippen molar-refractivity contribution in [2.75, 3.05) is 13.1 Å². The number of amides is 1. The van der Waals surface area contributed by atoms with Crippen molar-refractivity contribution < 1.29 is 19.1 Å². The minimum Gasteiger partial charge on any atom is -0.481 e. The number of aliphatic carboxylic acids is 1. The third-order valence-corrected chi connectivity index (χ3v) is 5.93. The fraction of sp³-hybridized carbons (Fsp3) is 0.444. The van der Waals surface area contributed by atoms with Crippen LogP contribution in [0.3, 0.4) is 0 Å². The summed E-state index contributed by atoms with van der Waals surface area (Å²) in [5.74, 6) is -0.866. The van der Waals surface area contributed by atoms with Crippen molar-refractivity contribution in [3.8, 4) is 0 Å². The van der Waals surface area contributed by atoms with Crippen molar-refractivity contribution in [2.45, 2.75) is 32.6 Å². The van der Waals surface area contributed by atoms with Crippen molar-refractivity contribution >= 4 is 33.3 Å². The number of halogens is 1. The summed E-state index contributed by atoms with van der Waals surface area (Å²) in [6.45, 7) is 3.16. The molecule has 1 aliphatic rings. The molecule has 4 nitrogen and oxygen atoms in total. The summed E-state index contributed by atoms with van der Waals surface area (Å²) in [5, 5.41) is 9.62. The molecule has 0 saturated carbocycles. The van der Waals surface area contributed by atoms with Gasteiger partial charge in [0.05, 0.1) is 4.88 Å². The maximum absolute atomic E-state index is 13.4. The lowest BCUT2D eigenvalue weighted by Gasteiger charge is -2.32. The van der Waals surface area contributed by atoms with Crippen LogP contribution < -0.4 is 0 Å². The molecule has 1 unspecified atom stereocenters. The monoisotopic (exact) mass is 349 g/mol. The molecule has 6 heteroatoms. The van der Waals surface area contributed by atoms with Crippen molar-refractivity contribution in [3.05, 3.63) is 34.5 Å². The van der Waals surface area contributed by atoms with Gasteiger partial charge in [0.1, 0.15) is 5.82 Å². The van der Waals surface area contributed by atoms with E-state index < -0.39 is 5.97 Å². The number of carboxylic acids is 1. The minimum atomic E-state index is -0.791. The van der Waals surface area contributed by atoms with Crippen molar-refractivity contribution in [3.63, 3.8) is 0 Å². The second-order valence-electron chi connectivity index (χ2n) is 6.39. The predicted octanol–water partition coefficient (Wildman–Crippen LogP) is 4.07. The largest absolute Gasteiger partial charge is 0.481 e. The maximum atomic E-state index is 13.4. The Hall–Kier alpha value is -1.95. The van der Waals surface area contributed by atoms with E-state index in [0.29, 0.717) is 24.4 Å². The highest BCUT2D eigenvalue weighted by molar-refractivity contribution is 7.21. The Balaban J connectivity index is 1.78. The van der Waals surface area contributed by atoms with Gasteiger partial charge >= 0.3 is 5.97 Å². The lowest BCUT2D eigenvalue weighted by atomic mass is 9.93. The molecule has 1 aromatic heterocycles. The van der Waals surface area contributed by atoms with Crippen molar-refractivity contribution in [2.24, 2.45) is 5.92 Å². The smallest absolute Gasteiger partial charge is 0.303 e. The van der Waals surface area contributed by atoms with Gasteiger partial charge in [-0.05, 0) is 61.3 Å². The van der Waals surface area contributed by atoms with Crippen LogP contribution in [0.25, 0.3) is 10.1 Å². The molecule has 0 radical (unpaired) electrons. The molecule has 1 amide bonds. The lowest BCUT2D eigenvalue weighted by Crippen LogP contribution is -2.40. The molecule has 0 bridgehead atoms. The summed E-state index contributed by atoms with van der Waals surface area (Å²) < 4.78 is 14.4. The average Bonchev–Trinajstić information content (AvgIpc) is 2.89. The van der Waals surface area contributed by atoms with Crippen LogP contribution in [0.2, 0.25) is 0 Å². The lowest BCUT2D eigenvalue weighted by molar-refractivity contribution is -0.137. The van der Waals surface area contributed by atoms with Gasteiger partial charge < -0.3 is 10.0 Å². The molecule has 24 heavy (non-hydrogen) atoms. The number of carbonyl (C=O) groups excluding carboxylic acids is 1. The van der Waals surface area contributed by atoms with Gasteiger partial charge in [0, 0.05) is 24.2 Å². The first-order chi connectivity index (χ1) is 11.5. The van der Waals surface area contributed by atoms with E-state index in [1.165, 1.54) is 23.5 Å². The first-order valence-corrected chi connectivity index (χ1v) is 8.97. The van der Waals surface area contributed by atoms with Crippen LogP contribution in [-0.4, -0.2) is 35.0 Å². The highest BCUT2D eigenvalue weighted by Gasteiger charge is 2.27. The Morgan fingerprint density at radius 3 is 2.96 bits per heavy atom. The molecular formula is C18H20FNO3S. The molecule has 1 aromatic carbocycles. The average molecular weight is 349 g/mol. The Labute approximate surface area is 143 Å². The van der Waals surface area contributed by atoms with E-state index in [4.69, 9.17) is 5.11 Å². The number of nitrogens with zero attached hydrogens (tertiary/aromatic N) is 1. The Morgan fingerprint density at radius 1 is 1.42 bits per heavy atom. The SMILES string of the molecule is Cc1c(C(=O)N2CCCC(CCC(=O)O)C2)sc2ccc(F)cc12. The zero-order valence-corrected chi connectivity index (χ0v) is 14.4. The van der Waals surface area contributed by atoms with Gasteiger partial charge in [0.2, 0.25) is 0 Å². The van der Waals surface area contributed by atoms with E-state index in [1.54, 1.807) is 6.07 Å². The Bertz CT molecular complexity index is 786. The van der Waals surface area contributed by atoms with E-state index in [-0.39, 0.29) is 24.1 Å². The highest BCUT2D eigenvalue weighted by Crippen LogP contribution is 2.33. The molecule has 2 aromatic rings. The molecule has 1 aliphatic heterocycles. The standard InChI is InChI=1S/C18H20FNO3S/c1-11-14-9-13(19)5-6-15(14)24-17(11)18(23)20-8-2-3-12(10-20)4-7-16(21)22/h5-6,9,12H,2-4,7-8,10H2,1H3,(H,21,22). The predicted molar refractivity (Wildman–Crippen MR) is 92.0 cm³/mol. The molecule has 1 fully saturated rings. The van der Waals surface area contributed by atoms with Gasteiger partial charge in [0.25, 0.3) is 5.91 Å². The van der Waals surface area contributed by atoms with Crippen LogP contribution in [0, 0.1) is 18.7 Å². The van der Waals surface area contributed by atoms with Gasteiger partial charge in [-0.25, -0.2) is 4.39 Å². The van der Waals surface area contributed by atoms with Crippen LogP contribution in [-0.2, 0) is 4.79 Å². The summed E-state index contributed by atoms with van der Waals surface area (Å²) in [6, 6.07) is 4.60. The summed E-state index contributed by atoms with van der Waals surface area (Å²) in [7, 11) is 0. The van der Waals surface area contributed by atoms with Crippen molar-refractivity contribution in [1.82, 2.24) is 4.90 Å². The third-order valence-electron chi connectivity index (χ3n) is 4.67. The number of aryl methyl sites for hydroxylation is 1.